The first-order valence-electron chi connectivity index (χ1n) is 10.4. The molecule has 0 bridgehead atoms. The summed E-state index contributed by atoms with van der Waals surface area (Å²) in [4.78, 5) is 24.9. The Balaban J connectivity index is 1.78. The van der Waals surface area contributed by atoms with Crippen LogP contribution >= 0.6 is 0 Å². The van der Waals surface area contributed by atoms with E-state index in [1.54, 1.807) is 19.1 Å². The van der Waals surface area contributed by atoms with Gasteiger partial charge in [-0.15, -0.1) is 0 Å². The number of phenolic OH excluding ortho intramolecular Hbond substituents is 1. The summed E-state index contributed by atoms with van der Waals surface area (Å²) in [5.41, 5.74) is 1.17. The first-order valence-corrected chi connectivity index (χ1v) is 10.4. The Morgan fingerprint density at radius 1 is 1.12 bits per heavy atom. The predicted molar refractivity (Wildman–Crippen MR) is 120 cm³/mol. The second-order valence-corrected chi connectivity index (χ2v) is 7.56. The van der Waals surface area contributed by atoms with Gasteiger partial charge in [-0.2, -0.15) is 0 Å². The van der Waals surface area contributed by atoms with Crippen LogP contribution in [0.5, 0.6) is 17.2 Å². The quantitative estimate of drug-likeness (QED) is 0.441. The average Bonchev–Trinajstić information content (AvgIpc) is 2.79. The molecule has 1 heterocycles. The summed E-state index contributed by atoms with van der Waals surface area (Å²) >= 11 is 0. The molecule has 0 aliphatic rings. The molecule has 3 N–H and O–H groups in total. The molecule has 7 nitrogen and oxygen atoms in total. The molecule has 0 aliphatic carbocycles. The summed E-state index contributed by atoms with van der Waals surface area (Å²) in [5.74, 6) is -1.06. The molecule has 1 atom stereocenters. The minimum absolute atomic E-state index is 0.00202. The Hall–Kier alpha value is -3.74. The lowest BCUT2D eigenvalue weighted by Gasteiger charge is -2.19. The maximum absolute atomic E-state index is 12.7. The summed E-state index contributed by atoms with van der Waals surface area (Å²) in [7, 11) is 1.41. The van der Waals surface area contributed by atoms with E-state index < -0.39 is 17.1 Å². The van der Waals surface area contributed by atoms with E-state index in [9.17, 15) is 19.8 Å². The van der Waals surface area contributed by atoms with Crippen LogP contribution in [0.2, 0.25) is 0 Å². The molecule has 1 amide bonds. The zero-order valence-corrected chi connectivity index (χ0v) is 18.1. The van der Waals surface area contributed by atoms with Crippen molar-refractivity contribution in [3.63, 3.8) is 0 Å². The van der Waals surface area contributed by atoms with Gasteiger partial charge in [0.15, 0.2) is 17.3 Å². The topological polar surface area (TPSA) is 109 Å². The van der Waals surface area contributed by atoms with Crippen LogP contribution in [0.1, 0.15) is 41.4 Å². The zero-order valence-electron chi connectivity index (χ0n) is 18.1. The number of ether oxygens (including phenoxy) is 1. The largest absolute Gasteiger partial charge is 0.504 e. The van der Waals surface area contributed by atoms with Crippen molar-refractivity contribution in [3.05, 3.63) is 87.5 Å². The van der Waals surface area contributed by atoms with E-state index in [-0.39, 0.29) is 29.6 Å². The highest BCUT2D eigenvalue weighted by Gasteiger charge is 2.26. The number of nitrogens with one attached hydrogen (secondary N) is 1. The summed E-state index contributed by atoms with van der Waals surface area (Å²) < 4.78 is 10.8. The van der Waals surface area contributed by atoms with E-state index in [2.05, 4.69) is 5.32 Å². The van der Waals surface area contributed by atoms with Crippen molar-refractivity contribution < 1.29 is 24.2 Å². The Morgan fingerprint density at radius 3 is 2.59 bits per heavy atom. The van der Waals surface area contributed by atoms with Gasteiger partial charge in [0, 0.05) is 19.0 Å². The van der Waals surface area contributed by atoms with Crippen LogP contribution in [-0.4, -0.2) is 29.8 Å². The smallest absolute Gasteiger partial charge is 0.227 e. The van der Waals surface area contributed by atoms with Gasteiger partial charge in [-0.1, -0.05) is 36.4 Å². The monoisotopic (exact) mass is 437 g/mol. The highest BCUT2D eigenvalue weighted by molar-refractivity contribution is 5.77. The Morgan fingerprint density at radius 2 is 1.88 bits per heavy atom. The van der Waals surface area contributed by atoms with Gasteiger partial charge in [-0.05, 0) is 43.0 Å². The molecule has 3 aromatic rings. The number of aryl methyl sites for hydroxylation is 2. The predicted octanol–water partition coefficient (Wildman–Crippen LogP) is 3.64. The van der Waals surface area contributed by atoms with Crippen LogP contribution in [0.25, 0.3) is 0 Å². The molecule has 3 rings (SSSR count). The van der Waals surface area contributed by atoms with Crippen LogP contribution in [0.3, 0.4) is 0 Å². The van der Waals surface area contributed by atoms with E-state index in [0.29, 0.717) is 17.9 Å². The van der Waals surface area contributed by atoms with Gasteiger partial charge >= 0.3 is 0 Å². The number of aromatic hydroxyl groups is 2. The van der Waals surface area contributed by atoms with Crippen LogP contribution in [0, 0.1) is 6.92 Å². The van der Waals surface area contributed by atoms with E-state index >= 15 is 0 Å². The highest BCUT2D eigenvalue weighted by Crippen LogP contribution is 2.37. The lowest BCUT2D eigenvalue weighted by Crippen LogP contribution is -2.27. The SMILES string of the molecule is COc1cc([C@@H](CC(=O)NCCCc2ccccc2)c2oc(C)cc(=O)c2O)ccc1O. The second-order valence-electron chi connectivity index (χ2n) is 7.56. The van der Waals surface area contributed by atoms with Crippen molar-refractivity contribution in [1.82, 2.24) is 5.32 Å². The third kappa shape index (κ3) is 5.69. The Labute approximate surface area is 186 Å². The highest BCUT2D eigenvalue weighted by atomic mass is 16.5. The van der Waals surface area contributed by atoms with Crippen LogP contribution < -0.4 is 15.5 Å². The third-order valence-electron chi connectivity index (χ3n) is 5.19. The molecule has 0 radical (unpaired) electrons. The number of hydrogen-bond acceptors (Lipinski definition) is 6. The minimum Gasteiger partial charge on any atom is -0.504 e. The van der Waals surface area contributed by atoms with Crippen LogP contribution in [0.15, 0.2) is 63.8 Å². The number of rotatable bonds is 9. The molecule has 0 saturated carbocycles. The molecular formula is C25H27NO6. The number of carbonyl (C=O) groups excluding carboxylic acids is 1. The number of benzene rings is 2. The zero-order chi connectivity index (χ0) is 23.1. The molecule has 32 heavy (non-hydrogen) atoms. The average molecular weight is 437 g/mol. The van der Waals surface area contributed by atoms with Crippen molar-refractivity contribution in [1.29, 1.82) is 0 Å². The van der Waals surface area contributed by atoms with Gasteiger partial charge in [0.1, 0.15) is 5.76 Å². The van der Waals surface area contributed by atoms with Crippen LogP contribution in [-0.2, 0) is 11.2 Å². The van der Waals surface area contributed by atoms with E-state index in [1.165, 1.54) is 24.8 Å². The molecule has 0 saturated heterocycles. The Kier molecular flexibility index (Phi) is 7.54. The van der Waals surface area contributed by atoms with Crippen molar-refractivity contribution in [3.8, 4) is 17.2 Å². The normalized spacial score (nSPS) is 11.7. The molecule has 168 valence electrons. The molecule has 1 aromatic heterocycles. The number of hydrogen-bond donors (Lipinski definition) is 3. The fourth-order valence-electron chi connectivity index (χ4n) is 3.56. The van der Waals surface area contributed by atoms with Gasteiger partial charge in [0.05, 0.1) is 13.0 Å². The molecule has 0 spiro atoms. The van der Waals surface area contributed by atoms with E-state index in [1.807, 2.05) is 30.3 Å². The molecule has 0 aliphatic heterocycles. The maximum Gasteiger partial charge on any atom is 0.227 e. The van der Waals surface area contributed by atoms with Gasteiger partial charge in [-0.3, -0.25) is 9.59 Å². The van der Waals surface area contributed by atoms with Crippen molar-refractivity contribution in [2.45, 2.75) is 32.1 Å². The second kappa shape index (κ2) is 10.5. The maximum atomic E-state index is 12.7. The summed E-state index contributed by atoms with van der Waals surface area (Å²) in [5, 5.41) is 23.2. The molecule has 7 heteroatoms. The van der Waals surface area contributed by atoms with Gasteiger partial charge in [0.25, 0.3) is 0 Å². The first-order chi connectivity index (χ1) is 15.4. The van der Waals surface area contributed by atoms with Crippen molar-refractivity contribution in [2.24, 2.45) is 0 Å². The number of carbonyl (C=O) groups is 1. The van der Waals surface area contributed by atoms with Gasteiger partial charge < -0.3 is 24.7 Å². The molecule has 0 unspecified atom stereocenters. The summed E-state index contributed by atoms with van der Waals surface area (Å²) in [6.45, 7) is 2.09. The van der Waals surface area contributed by atoms with Crippen molar-refractivity contribution in [2.75, 3.05) is 13.7 Å². The molecule has 0 fully saturated rings. The number of phenols is 1. The van der Waals surface area contributed by atoms with Crippen molar-refractivity contribution >= 4 is 5.91 Å². The summed E-state index contributed by atoms with van der Waals surface area (Å²) in [6.07, 6.45) is 1.56. The fourth-order valence-corrected chi connectivity index (χ4v) is 3.56. The first kappa shape index (κ1) is 22.9. The fraction of sp³-hybridized carbons (Fsp3) is 0.280. The molecular weight excluding hydrogens is 410 g/mol. The van der Waals surface area contributed by atoms with E-state index in [0.717, 1.165) is 12.8 Å². The molecule has 2 aromatic carbocycles. The number of methoxy groups -OCH3 is 1. The third-order valence-corrected chi connectivity index (χ3v) is 5.19. The minimum atomic E-state index is -0.744. The number of amides is 1. The standard InChI is InChI=1S/C25H27NO6/c1-16-13-21(28)24(30)25(32-16)19(18-10-11-20(27)22(14-18)31-2)15-23(29)26-12-6-9-17-7-4-3-5-8-17/h3-5,7-8,10-11,13-14,19,27,30H,6,9,12,15H2,1-2H3,(H,26,29)/t19-/m1/s1. The summed E-state index contributed by atoms with van der Waals surface area (Å²) in [6, 6.07) is 15.8. The van der Waals surface area contributed by atoms with E-state index in [4.69, 9.17) is 9.15 Å². The Bertz CT molecular complexity index is 1120. The lowest BCUT2D eigenvalue weighted by atomic mass is 9.91. The van der Waals surface area contributed by atoms with Gasteiger partial charge in [0.2, 0.25) is 17.1 Å². The van der Waals surface area contributed by atoms with Crippen LogP contribution in [0.4, 0.5) is 0 Å². The van der Waals surface area contributed by atoms with Gasteiger partial charge in [-0.25, -0.2) is 0 Å². The lowest BCUT2D eigenvalue weighted by molar-refractivity contribution is -0.121.